The van der Waals surface area contributed by atoms with Crippen LogP contribution in [0.5, 0.6) is 5.75 Å². The van der Waals surface area contributed by atoms with Crippen molar-refractivity contribution in [3.63, 3.8) is 0 Å². The second-order valence-electron chi connectivity index (χ2n) is 9.56. The quantitative estimate of drug-likeness (QED) is 0.328. The number of nitrogens with two attached hydrogens (primary N) is 1. The Balaban J connectivity index is 1.33. The molecule has 2 aromatic carbocycles. The van der Waals surface area contributed by atoms with E-state index in [1.54, 1.807) is 4.90 Å². The lowest BCUT2D eigenvalue weighted by atomic mass is 9.80. The van der Waals surface area contributed by atoms with Crippen LogP contribution in [0, 0.1) is 5.92 Å². The number of hydrogen-bond acceptors (Lipinski definition) is 5. The van der Waals surface area contributed by atoms with Crippen LogP contribution in [0.4, 0.5) is 10.6 Å². The van der Waals surface area contributed by atoms with Crippen molar-refractivity contribution in [2.75, 3.05) is 25.4 Å². The highest BCUT2D eigenvalue weighted by molar-refractivity contribution is 6.00. The molecule has 0 bridgehead atoms. The lowest BCUT2D eigenvalue weighted by Gasteiger charge is -2.37. The molecule has 0 saturated heterocycles. The van der Waals surface area contributed by atoms with Crippen molar-refractivity contribution in [3.8, 4) is 16.9 Å². The highest BCUT2D eigenvalue weighted by Crippen LogP contribution is 2.43. The van der Waals surface area contributed by atoms with Crippen LogP contribution in [0.2, 0.25) is 0 Å². The van der Waals surface area contributed by atoms with Gasteiger partial charge in [0.05, 0.1) is 5.39 Å². The maximum Gasteiger partial charge on any atom is 0.317 e. The van der Waals surface area contributed by atoms with Crippen LogP contribution in [-0.4, -0.2) is 45.1 Å². The van der Waals surface area contributed by atoms with E-state index in [0.29, 0.717) is 44.0 Å². The summed E-state index contributed by atoms with van der Waals surface area (Å²) in [7, 11) is 0. The first kappa shape index (κ1) is 24.6. The van der Waals surface area contributed by atoms with E-state index in [9.17, 15) is 4.79 Å². The zero-order valence-corrected chi connectivity index (χ0v) is 21.4. The Morgan fingerprint density at radius 2 is 1.89 bits per heavy atom. The zero-order valence-electron chi connectivity index (χ0n) is 21.4. The van der Waals surface area contributed by atoms with Gasteiger partial charge in [-0.3, -0.25) is 0 Å². The molecule has 3 N–H and O–H groups in total. The number of ether oxygens (including phenoxy) is 1. The van der Waals surface area contributed by atoms with Gasteiger partial charge in [0, 0.05) is 37.4 Å². The van der Waals surface area contributed by atoms with Gasteiger partial charge < -0.3 is 25.3 Å². The maximum atomic E-state index is 12.3. The third kappa shape index (κ3) is 5.23. The average molecular weight is 499 g/mol. The lowest BCUT2D eigenvalue weighted by molar-refractivity contribution is 0.177. The summed E-state index contributed by atoms with van der Waals surface area (Å²) in [6, 6.07) is 18.5. The molecule has 1 fully saturated rings. The lowest BCUT2D eigenvalue weighted by Crippen LogP contribution is -2.43. The third-order valence-electron chi connectivity index (χ3n) is 7.23. The molecule has 0 unspecified atom stereocenters. The number of nitrogens with one attached hydrogen (secondary N) is 1. The number of benzene rings is 2. The van der Waals surface area contributed by atoms with E-state index in [1.807, 2.05) is 50.2 Å². The summed E-state index contributed by atoms with van der Waals surface area (Å²) < 4.78 is 8.29. The molecule has 192 valence electrons. The van der Waals surface area contributed by atoms with Crippen molar-refractivity contribution in [2.45, 2.75) is 39.3 Å². The van der Waals surface area contributed by atoms with E-state index in [4.69, 9.17) is 10.5 Å². The number of aromatic nitrogens is 3. The van der Waals surface area contributed by atoms with Gasteiger partial charge in [0.25, 0.3) is 0 Å². The summed E-state index contributed by atoms with van der Waals surface area (Å²) in [6.45, 7) is 6.62. The van der Waals surface area contributed by atoms with Crippen LogP contribution in [0.3, 0.4) is 0 Å². The van der Waals surface area contributed by atoms with Gasteiger partial charge in [0.15, 0.2) is 0 Å². The van der Waals surface area contributed by atoms with Gasteiger partial charge in [0.2, 0.25) is 0 Å². The standard InChI is InChI=1S/C29H34N6O2/c1-3-34(4-2)29(36)31-16-21-13-23(14-21)35-17-25(26-27(30)32-19-33-28(26)35)22-11-8-12-24(15-22)37-18-20-9-6-5-7-10-20/h5-12,15,17,19,21,23H,3-4,13-14,16,18H2,1-2H3,(H,31,36)(H2,30,32,33)/t21-,23-. The van der Waals surface area contributed by atoms with Crippen LogP contribution >= 0.6 is 0 Å². The SMILES string of the molecule is CCN(CC)C(=O)NC[C@H]1C[C@H](n2cc(-c3cccc(OCc4ccccc4)c3)c3c(N)ncnc32)C1. The number of rotatable bonds is 9. The molecule has 0 radical (unpaired) electrons. The monoisotopic (exact) mass is 498 g/mol. The minimum absolute atomic E-state index is 0.0111. The summed E-state index contributed by atoms with van der Waals surface area (Å²) in [6.07, 6.45) is 5.62. The van der Waals surface area contributed by atoms with Gasteiger partial charge in [0.1, 0.15) is 30.1 Å². The predicted octanol–water partition coefficient (Wildman–Crippen LogP) is 5.26. The van der Waals surface area contributed by atoms with Gasteiger partial charge in [-0.15, -0.1) is 0 Å². The molecule has 1 aliphatic rings. The van der Waals surface area contributed by atoms with Gasteiger partial charge in [-0.1, -0.05) is 42.5 Å². The Labute approximate surface area is 217 Å². The van der Waals surface area contributed by atoms with Crippen LogP contribution in [0.25, 0.3) is 22.2 Å². The normalized spacial score (nSPS) is 16.8. The van der Waals surface area contributed by atoms with E-state index in [1.165, 1.54) is 6.33 Å². The summed E-state index contributed by atoms with van der Waals surface area (Å²) in [5.74, 6) is 1.71. The van der Waals surface area contributed by atoms with Gasteiger partial charge >= 0.3 is 6.03 Å². The van der Waals surface area contributed by atoms with E-state index in [0.717, 1.165) is 46.3 Å². The molecule has 0 spiro atoms. The highest BCUT2D eigenvalue weighted by Gasteiger charge is 2.33. The second kappa shape index (κ2) is 10.9. The van der Waals surface area contributed by atoms with Gasteiger partial charge in [-0.2, -0.15) is 0 Å². The van der Waals surface area contributed by atoms with E-state index < -0.39 is 0 Å². The number of carbonyl (C=O) groups is 1. The summed E-state index contributed by atoms with van der Waals surface area (Å²) in [5, 5.41) is 3.95. The summed E-state index contributed by atoms with van der Waals surface area (Å²) >= 11 is 0. The largest absolute Gasteiger partial charge is 0.489 e. The molecule has 37 heavy (non-hydrogen) atoms. The number of amides is 2. The molecule has 1 aliphatic carbocycles. The zero-order chi connectivity index (χ0) is 25.8. The molecule has 5 rings (SSSR count). The number of hydrogen-bond donors (Lipinski definition) is 2. The van der Waals surface area contributed by atoms with E-state index in [-0.39, 0.29) is 6.03 Å². The first-order chi connectivity index (χ1) is 18.1. The smallest absolute Gasteiger partial charge is 0.317 e. The number of anilines is 1. The molecule has 1 saturated carbocycles. The fourth-order valence-corrected chi connectivity index (χ4v) is 5.05. The molecule has 0 aliphatic heterocycles. The Bertz CT molecular complexity index is 1360. The van der Waals surface area contributed by atoms with Crippen molar-refractivity contribution >= 4 is 22.9 Å². The highest BCUT2D eigenvalue weighted by atomic mass is 16.5. The third-order valence-corrected chi connectivity index (χ3v) is 7.23. The Hall–Kier alpha value is -4.07. The molecule has 8 heteroatoms. The van der Waals surface area contributed by atoms with Crippen molar-refractivity contribution < 1.29 is 9.53 Å². The van der Waals surface area contributed by atoms with Crippen molar-refractivity contribution in [1.82, 2.24) is 24.8 Å². The number of fused-ring (bicyclic) bond motifs is 1. The van der Waals surface area contributed by atoms with Crippen LogP contribution < -0.4 is 15.8 Å². The Morgan fingerprint density at radius 3 is 2.65 bits per heavy atom. The van der Waals surface area contributed by atoms with Crippen LogP contribution in [0.1, 0.15) is 38.3 Å². The minimum Gasteiger partial charge on any atom is -0.489 e. The fourth-order valence-electron chi connectivity index (χ4n) is 5.05. The number of carbonyl (C=O) groups excluding carboxylic acids is 1. The molecule has 8 nitrogen and oxygen atoms in total. The summed E-state index contributed by atoms with van der Waals surface area (Å²) in [5.41, 5.74) is 10.3. The van der Waals surface area contributed by atoms with Crippen LogP contribution in [-0.2, 0) is 6.61 Å². The number of urea groups is 1. The Kier molecular flexibility index (Phi) is 7.25. The summed E-state index contributed by atoms with van der Waals surface area (Å²) in [4.78, 5) is 23.0. The minimum atomic E-state index is 0.0111. The molecule has 2 heterocycles. The predicted molar refractivity (Wildman–Crippen MR) is 146 cm³/mol. The van der Waals surface area contributed by atoms with Gasteiger partial charge in [-0.25, -0.2) is 14.8 Å². The Morgan fingerprint density at radius 1 is 1.11 bits per heavy atom. The topological polar surface area (TPSA) is 98.3 Å². The molecule has 2 amide bonds. The molecular formula is C29H34N6O2. The first-order valence-corrected chi connectivity index (χ1v) is 13.0. The van der Waals surface area contributed by atoms with Crippen LogP contribution in [0.15, 0.2) is 67.1 Å². The van der Waals surface area contributed by atoms with Crippen molar-refractivity contribution in [2.24, 2.45) is 5.92 Å². The maximum absolute atomic E-state index is 12.3. The average Bonchev–Trinajstić information content (AvgIpc) is 3.29. The van der Waals surface area contributed by atoms with E-state index >= 15 is 0 Å². The number of nitrogen functional groups attached to an aromatic ring is 1. The van der Waals surface area contributed by atoms with E-state index in [2.05, 4.69) is 44.2 Å². The molecular weight excluding hydrogens is 464 g/mol. The molecule has 0 atom stereocenters. The van der Waals surface area contributed by atoms with Crippen molar-refractivity contribution in [3.05, 3.63) is 72.7 Å². The van der Waals surface area contributed by atoms with Crippen molar-refractivity contribution in [1.29, 1.82) is 0 Å². The molecule has 4 aromatic rings. The second-order valence-corrected chi connectivity index (χ2v) is 9.56. The fraction of sp³-hybridized carbons (Fsp3) is 0.345. The molecule has 2 aromatic heterocycles. The number of nitrogens with zero attached hydrogens (tertiary/aromatic N) is 4. The first-order valence-electron chi connectivity index (χ1n) is 13.0. The van der Waals surface area contributed by atoms with Gasteiger partial charge in [-0.05, 0) is 55.9 Å².